The first-order chi connectivity index (χ1) is 33.4. The van der Waals surface area contributed by atoms with E-state index in [9.17, 15) is 15.3 Å². The molecular weight excluding hydrogens is 835 g/mol. The predicted molar refractivity (Wildman–Crippen MR) is 303 cm³/mol. The first-order valence-corrected chi connectivity index (χ1v) is 29.5. The van der Waals surface area contributed by atoms with Crippen molar-refractivity contribution in [3.8, 4) is 0 Å². The van der Waals surface area contributed by atoms with Crippen LogP contribution in [0.3, 0.4) is 0 Å². The van der Waals surface area contributed by atoms with Crippen molar-refractivity contribution in [3.63, 3.8) is 0 Å². The minimum Gasteiger partial charge on any atom is -0.392 e. The van der Waals surface area contributed by atoms with Crippen LogP contribution in [-0.4, -0.2) is 96.3 Å². The summed E-state index contributed by atoms with van der Waals surface area (Å²) in [7, 11) is 2.16. The number of rotatable bonds is 54. The van der Waals surface area contributed by atoms with Crippen LogP contribution in [0.5, 0.6) is 0 Å². The zero-order valence-corrected chi connectivity index (χ0v) is 45.8. The molecule has 0 radical (unpaired) electrons. The highest BCUT2D eigenvalue weighted by molar-refractivity contribution is 4.94. The van der Waals surface area contributed by atoms with E-state index >= 15 is 0 Å². The largest absolute Gasteiger partial charge is 0.392 e. The molecule has 0 spiro atoms. The van der Waals surface area contributed by atoms with Crippen LogP contribution in [0, 0.1) is 0 Å². The molecule has 3 atom stereocenters. The van der Waals surface area contributed by atoms with Gasteiger partial charge in [-0.1, -0.05) is 209 Å². The molecule has 0 saturated heterocycles. The molecule has 0 aliphatic heterocycles. The fourth-order valence-electron chi connectivity index (χ4n) is 8.67. The molecule has 68 heavy (non-hydrogen) atoms. The van der Waals surface area contributed by atoms with E-state index in [-0.39, 0.29) is 18.3 Å². The first-order valence-electron chi connectivity index (χ1n) is 29.5. The summed E-state index contributed by atoms with van der Waals surface area (Å²) in [5.74, 6) is 0. The zero-order valence-electron chi connectivity index (χ0n) is 45.8. The third kappa shape index (κ3) is 53.5. The molecule has 0 bridgehead atoms. The summed E-state index contributed by atoms with van der Waals surface area (Å²) in [5, 5.41) is 36.3. The maximum Gasteiger partial charge on any atom is 0.0667 e. The number of likely N-dealkylation sites (N-methyl/N-ethyl adjacent to an activating group) is 1. The lowest BCUT2D eigenvalue weighted by molar-refractivity contribution is 0.0564. The molecule has 4 N–H and O–H groups in total. The van der Waals surface area contributed by atoms with Crippen molar-refractivity contribution in [3.05, 3.63) is 72.9 Å². The van der Waals surface area contributed by atoms with Gasteiger partial charge in [0, 0.05) is 45.8 Å². The van der Waals surface area contributed by atoms with Crippen LogP contribution in [-0.2, 0) is 0 Å². The van der Waals surface area contributed by atoms with Gasteiger partial charge in [-0.05, 0) is 123 Å². The summed E-state index contributed by atoms with van der Waals surface area (Å²) in [6.45, 7) is 12.1. The maximum atomic E-state index is 11.1. The molecule has 0 aromatic rings. The van der Waals surface area contributed by atoms with E-state index in [1.54, 1.807) is 0 Å². The third-order valence-electron chi connectivity index (χ3n) is 13.3. The molecule has 0 saturated carbocycles. The Morgan fingerprint density at radius 1 is 0.353 bits per heavy atom. The highest BCUT2D eigenvalue weighted by Crippen LogP contribution is 2.13. The van der Waals surface area contributed by atoms with E-state index in [4.69, 9.17) is 0 Å². The van der Waals surface area contributed by atoms with Gasteiger partial charge in [-0.15, -0.1) is 0 Å². The summed E-state index contributed by atoms with van der Waals surface area (Å²) < 4.78 is 0. The van der Waals surface area contributed by atoms with Crippen LogP contribution >= 0.6 is 0 Å². The predicted octanol–water partition coefficient (Wildman–Crippen LogP) is 16.3. The number of aliphatic hydroxyl groups is 3. The van der Waals surface area contributed by atoms with Gasteiger partial charge in [0.25, 0.3) is 0 Å². The van der Waals surface area contributed by atoms with Gasteiger partial charge in [0.05, 0.1) is 18.3 Å². The van der Waals surface area contributed by atoms with Crippen molar-refractivity contribution in [2.75, 3.05) is 52.9 Å². The summed E-state index contributed by atoms with van der Waals surface area (Å²) in [5.41, 5.74) is 0. The molecule has 398 valence electrons. The lowest BCUT2D eigenvalue weighted by atomic mass is 10.1. The van der Waals surface area contributed by atoms with Gasteiger partial charge in [-0.3, -0.25) is 4.90 Å². The van der Waals surface area contributed by atoms with Crippen LogP contribution in [0.25, 0.3) is 0 Å². The van der Waals surface area contributed by atoms with Gasteiger partial charge in [-0.25, -0.2) is 0 Å². The van der Waals surface area contributed by atoms with Gasteiger partial charge in [0.15, 0.2) is 0 Å². The molecule has 0 aliphatic carbocycles. The van der Waals surface area contributed by atoms with E-state index in [2.05, 4.69) is 116 Å². The first kappa shape index (κ1) is 66.2. The lowest BCUT2D eigenvalue weighted by Crippen LogP contribution is -2.43. The second-order valence-corrected chi connectivity index (χ2v) is 20.3. The summed E-state index contributed by atoms with van der Waals surface area (Å²) in [6.07, 6.45) is 69.8. The Bertz CT molecular complexity index is 1110. The number of nitrogens with one attached hydrogen (secondary N) is 1. The number of unbranched alkanes of at least 4 members (excludes halogenated alkanes) is 24. The van der Waals surface area contributed by atoms with Crippen LogP contribution in [0.2, 0.25) is 0 Å². The van der Waals surface area contributed by atoms with E-state index in [0.717, 1.165) is 116 Å². The van der Waals surface area contributed by atoms with Crippen molar-refractivity contribution < 1.29 is 15.3 Å². The topological polar surface area (TPSA) is 79.2 Å². The summed E-state index contributed by atoms with van der Waals surface area (Å²) >= 11 is 0. The zero-order chi connectivity index (χ0) is 49.5. The molecule has 0 amide bonds. The molecule has 0 aliphatic rings. The normalized spacial score (nSPS) is 14.1. The van der Waals surface area contributed by atoms with Crippen LogP contribution in [0.1, 0.15) is 252 Å². The lowest BCUT2D eigenvalue weighted by Gasteiger charge is -2.29. The standard InChI is InChI=1S/C62H117N3O3/c1-5-8-11-14-17-20-23-26-29-32-35-38-41-44-47-50-60(66)57-63-53-54-64(4)55-56-65(58-61(67)51-48-45-42-39-36-33-30-27-24-21-18-15-12-9-6-2)59-62(68)52-49-46-43-40-37-34-31-28-25-22-19-16-13-10-7-3/h23-28,32-37,60-63,66-68H,5-22,29-31,38-59H2,1-4H3/b26-23-,27-24-,28-25-,35-32-,36-33-,37-34-. The van der Waals surface area contributed by atoms with Gasteiger partial charge >= 0.3 is 0 Å². The summed E-state index contributed by atoms with van der Waals surface area (Å²) in [6, 6.07) is 0. The molecule has 0 fully saturated rings. The van der Waals surface area contributed by atoms with Crippen molar-refractivity contribution >= 4 is 0 Å². The average Bonchev–Trinajstić information content (AvgIpc) is 3.33. The minimum atomic E-state index is -0.371. The second-order valence-electron chi connectivity index (χ2n) is 20.3. The van der Waals surface area contributed by atoms with E-state index < -0.39 is 0 Å². The van der Waals surface area contributed by atoms with Crippen molar-refractivity contribution in [2.45, 2.75) is 270 Å². The Kier molecular flexibility index (Phi) is 54.6. The van der Waals surface area contributed by atoms with Gasteiger partial charge in [0.2, 0.25) is 0 Å². The van der Waals surface area contributed by atoms with Crippen LogP contribution in [0.4, 0.5) is 0 Å². The van der Waals surface area contributed by atoms with Gasteiger partial charge < -0.3 is 25.5 Å². The van der Waals surface area contributed by atoms with Crippen LogP contribution in [0.15, 0.2) is 72.9 Å². The molecule has 0 heterocycles. The number of aliphatic hydroxyl groups excluding tert-OH is 3. The average molecular weight is 953 g/mol. The molecule has 6 heteroatoms. The number of allylic oxidation sites excluding steroid dienone is 12. The van der Waals surface area contributed by atoms with Crippen LogP contribution < -0.4 is 5.32 Å². The van der Waals surface area contributed by atoms with Crippen molar-refractivity contribution in [1.29, 1.82) is 0 Å². The molecular formula is C62H117N3O3. The second kappa shape index (κ2) is 56.1. The smallest absolute Gasteiger partial charge is 0.0667 e. The quantitative estimate of drug-likeness (QED) is 0.0359. The Hall–Kier alpha value is -1.80. The highest BCUT2D eigenvalue weighted by atomic mass is 16.3. The third-order valence-corrected chi connectivity index (χ3v) is 13.3. The van der Waals surface area contributed by atoms with E-state index in [0.29, 0.717) is 19.6 Å². The Morgan fingerprint density at radius 3 is 1.00 bits per heavy atom. The van der Waals surface area contributed by atoms with Crippen molar-refractivity contribution in [1.82, 2.24) is 15.1 Å². The molecule has 6 nitrogen and oxygen atoms in total. The molecule has 0 aromatic carbocycles. The highest BCUT2D eigenvalue weighted by Gasteiger charge is 2.17. The molecule has 0 aromatic heterocycles. The molecule has 3 unspecified atom stereocenters. The fourth-order valence-corrected chi connectivity index (χ4v) is 8.67. The van der Waals surface area contributed by atoms with Crippen molar-refractivity contribution in [2.24, 2.45) is 0 Å². The SMILES string of the molecule is CCCCCCC/C=C\C/C=C\CCCCCC(O)CNCCN(C)CCN(CC(O)CCCCC/C=C\C/C=C\CCCCCCC)CC(O)CCCCC/C=C\C/C=C\CCCCCCC. The minimum absolute atomic E-state index is 0.293. The maximum absolute atomic E-state index is 11.1. The Morgan fingerprint density at radius 2 is 0.662 bits per heavy atom. The fraction of sp³-hybridized carbons (Fsp3) is 0.806. The summed E-state index contributed by atoms with van der Waals surface area (Å²) in [4.78, 5) is 4.63. The number of nitrogens with zero attached hydrogens (tertiary/aromatic N) is 2. The Balaban J connectivity index is 4.51. The van der Waals surface area contributed by atoms with Gasteiger partial charge in [0.1, 0.15) is 0 Å². The van der Waals surface area contributed by atoms with E-state index in [1.807, 2.05) is 0 Å². The molecule has 0 rings (SSSR count). The Labute approximate surface area is 424 Å². The van der Waals surface area contributed by atoms with E-state index in [1.165, 1.54) is 141 Å². The van der Waals surface area contributed by atoms with Gasteiger partial charge in [-0.2, -0.15) is 0 Å². The number of hydrogen-bond donors (Lipinski definition) is 4. The number of hydrogen-bond acceptors (Lipinski definition) is 6. The monoisotopic (exact) mass is 952 g/mol.